The Hall–Kier alpha value is -0.830. The van der Waals surface area contributed by atoms with E-state index in [0.717, 1.165) is 5.57 Å². The molecule has 0 spiro atoms. The van der Waals surface area contributed by atoms with Gasteiger partial charge in [0.05, 0.1) is 18.6 Å². The van der Waals surface area contributed by atoms with Gasteiger partial charge in [0, 0.05) is 0 Å². The lowest BCUT2D eigenvalue weighted by atomic mass is 9.89. The molecule has 0 aliphatic heterocycles. The summed E-state index contributed by atoms with van der Waals surface area (Å²) in [6, 6.07) is 0. The minimum Gasteiger partial charge on any atom is -0.465 e. The SMILES string of the molecule is CC(C)=CC(O)C(C(=O)OCC(C)C)C(C)C. The third kappa shape index (κ3) is 6.47. The number of carbonyl (C=O) groups is 1. The lowest BCUT2D eigenvalue weighted by molar-refractivity contribution is -0.154. The van der Waals surface area contributed by atoms with Crippen molar-refractivity contribution in [3.05, 3.63) is 11.6 Å². The fourth-order valence-corrected chi connectivity index (χ4v) is 1.60. The molecule has 0 aliphatic rings. The highest BCUT2D eigenvalue weighted by Crippen LogP contribution is 2.19. The predicted molar refractivity (Wildman–Crippen MR) is 69.6 cm³/mol. The second kappa shape index (κ2) is 7.49. The summed E-state index contributed by atoms with van der Waals surface area (Å²) in [7, 11) is 0. The molecule has 0 amide bonds. The average molecular weight is 242 g/mol. The lowest BCUT2D eigenvalue weighted by Crippen LogP contribution is -2.33. The molecule has 2 unspecified atom stereocenters. The van der Waals surface area contributed by atoms with E-state index >= 15 is 0 Å². The second-order valence-electron chi connectivity index (χ2n) is 5.53. The molecular weight excluding hydrogens is 216 g/mol. The Labute approximate surface area is 105 Å². The number of ether oxygens (including phenoxy) is 1. The van der Waals surface area contributed by atoms with E-state index in [2.05, 4.69) is 0 Å². The molecule has 17 heavy (non-hydrogen) atoms. The van der Waals surface area contributed by atoms with E-state index in [1.54, 1.807) is 6.08 Å². The first-order valence-electron chi connectivity index (χ1n) is 6.25. The summed E-state index contributed by atoms with van der Waals surface area (Å²) in [6.45, 7) is 12.0. The number of allylic oxidation sites excluding steroid dienone is 1. The van der Waals surface area contributed by atoms with Crippen molar-refractivity contribution < 1.29 is 14.6 Å². The molecule has 0 aromatic rings. The minimum atomic E-state index is -0.764. The van der Waals surface area contributed by atoms with Gasteiger partial charge in [-0.15, -0.1) is 0 Å². The maximum atomic E-state index is 11.9. The molecule has 100 valence electrons. The monoisotopic (exact) mass is 242 g/mol. The van der Waals surface area contributed by atoms with Crippen molar-refractivity contribution in [2.24, 2.45) is 17.8 Å². The summed E-state index contributed by atoms with van der Waals surface area (Å²) in [5.74, 6) is -0.421. The lowest BCUT2D eigenvalue weighted by Gasteiger charge is -2.23. The Morgan fingerprint density at radius 2 is 1.76 bits per heavy atom. The highest BCUT2D eigenvalue weighted by Gasteiger charge is 2.30. The molecule has 0 radical (unpaired) electrons. The maximum absolute atomic E-state index is 11.9. The van der Waals surface area contributed by atoms with Gasteiger partial charge in [0.25, 0.3) is 0 Å². The van der Waals surface area contributed by atoms with Crippen molar-refractivity contribution in [1.29, 1.82) is 0 Å². The molecule has 0 bridgehead atoms. The molecule has 0 aliphatic carbocycles. The van der Waals surface area contributed by atoms with Gasteiger partial charge >= 0.3 is 5.97 Å². The predicted octanol–water partition coefficient (Wildman–Crippen LogP) is 2.78. The van der Waals surface area contributed by atoms with Crippen LogP contribution >= 0.6 is 0 Å². The van der Waals surface area contributed by atoms with Crippen molar-refractivity contribution >= 4 is 5.97 Å². The molecule has 0 fully saturated rings. The zero-order valence-corrected chi connectivity index (χ0v) is 11.9. The zero-order chi connectivity index (χ0) is 13.6. The smallest absolute Gasteiger partial charge is 0.312 e. The molecule has 0 heterocycles. The molecule has 0 saturated heterocycles. The Bertz CT molecular complexity index is 263. The van der Waals surface area contributed by atoms with Crippen LogP contribution in [0.3, 0.4) is 0 Å². The van der Waals surface area contributed by atoms with Crippen LogP contribution in [0.4, 0.5) is 0 Å². The van der Waals surface area contributed by atoms with Crippen LogP contribution in [0.2, 0.25) is 0 Å². The summed E-state index contributed by atoms with van der Waals surface area (Å²) >= 11 is 0. The van der Waals surface area contributed by atoms with E-state index in [1.165, 1.54) is 0 Å². The molecule has 0 aromatic carbocycles. The molecular formula is C14H26O3. The molecule has 3 nitrogen and oxygen atoms in total. The highest BCUT2D eigenvalue weighted by atomic mass is 16.5. The second-order valence-corrected chi connectivity index (χ2v) is 5.53. The number of hydrogen-bond acceptors (Lipinski definition) is 3. The van der Waals surface area contributed by atoms with Gasteiger partial charge in [-0.25, -0.2) is 0 Å². The van der Waals surface area contributed by atoms with Crippen LogP contribution in [-0.4, -0.2) is 23.8 Å². The third-order valence-electron chi connectivity index (χ3n) is 2.42. The Kier molecular flexibility index (Phi) is 7.12. The molecule has 1 N–H and O–H groups in total. The molecule has 0 rings (SSSR count). The van der Waals surface area contributed by atoms with Crippen molar-refractivity contribution in [3.63, 3.8) is 0 Å². The zero-order valence-electron chi connectivity index (χ0n) is 11.9. The van der Waals surface area contributed by atoms with Crippen LogP contribution in [0.25, 0.3) is 0 Å². The van der Waals surface area contributed by atoms with Gasteiger partial charge in [-0.1, -0.05) is 39.3 Å². The third-order valence-corrected chi connectivity index (χ3v) is 2.42. The Morgan fingerprint density at radius 3 is 2.12 bits per heavy atom. The van der Waals surface area contributed by atoms with Crippen LogP contribution < -0.4 is 0 Å². The number of aliphatic hydroxyl groups excluding tert-OH is 1. The van der Waals surface area contributed by atoms with E-state index in [9.17, 15) is 9.90 Å². The molecule has 0 saturated carbocycles. The van der Waals surface area contributed by atoms with E-state index < -0.39 is 12.0 Å². The van der Waals surface area contributed by atoms with Crippen LogP contribution in [0.15, 0.2) is 11.6 Å². The van der Waals surface area contributed by atoms with Crippen LogP contribution in [-0.2, 0) is 9.53 Å². The summed E-state index contributed by atoms with van der Waals surface area (Å²) in [5, 5.41) is 10.0. The van der Waals surface area contributed by atoms with Crippen molar-refractivity contribution in [2.45, 2.75) is 47.6 Å². The van der Waals surface area contributed by atoms with Crippen LogP contribution in [0.1, 0.15) is 41.5 Å². The maximum Gasteiger partial charge on any atom is 0.312 e. The summed E-state index contributed by atoms with van der Waals surface area (Å²) in [5.41, 5.74) is 1.000. The normalized spacial score (nSPS) is 14.6. The molecule has 3 heteroatoms. The van der Waals surface area contributed by atoms with E-state index in [-0.39, 0.29) is 11.9 Å². The quantitative estimate of drug-likeness (QED) is 0.575. The fraction of sp³-hybridized carbons (Fsp3) is 0.786. The van der Waals surface area contributed by atoms with E-state index in [1.807, 2.05) is 41.5 Å². The minimum absolute atomic E-state index is 0.0558. The van der Waals surface area contributed by atoms with E-state index in [0.29, 0.717) is 12.5 Å². The fourth-order valence-electron chi connectivity index (χ4n) is 1.60. The van der Waals surface area contributed by atoms with E-state index in [4.69, 9.17) is 4.74 Å². The van der Waals surface area contributed by atoms with Crippen molar-refractivity contribution in [1.82, 2.24) is 0 Å². The standard InChI is InChI=1S/C14H26O3/c1-9(2)7-12(15)13(11(5)6)14(16)17-8-10(3)4/h7,10-13,15H,8H2,1-6H3. The number of hydrogen-bond donors (Lipinski definition) is 1. The first kappa shape index (κ1) is 16.2. The topological polar surface area (TPSA) is 46.5 Å². The summed E-state index contributed by atoms with van der Waals surface area (Å²) in [4.78, 5) is 11.9. The van der Waals surface area contributed by atoms with Gasteiger partial charge in [-0.05, 0) is 25.7 Å². The number of carbonyl (C=O) groups excluding carboxylic acids is 1. The van der Waals surface area contributed by atoms with Crippen molar-refractivity contribution in [3.8, 4) is 0 Å². The van der Waals surface area contributed by atoms with Crippen molar-refractivity contribution in [2.75, 3.05) is 6.61 Å². The molecule has 2 atom stereocenters. The highest BCUT2D eigenvalue weighted by molar-refractivity contribution is 5.73. The Morgan fingerprint density at radius 1 is 1.24 bits per heavy atom. The van der Waals surface area contributed by atoms with Gasteiger partial charge < -0.3 is 9.84 Å². The number of aliphatic hydroxyl groups is 1. The first-order chi connectivity index (χ1) is 7.75. The largest absolute Gasteiger partial charge is 0.465 e. The average Bonchev–Trinajstić information content (AvgIpc) is 2.12. The van der Waals surface area contributed by atoms with Crippen LogP contribution in [0, 0.1) is 17.8 Å². The Balaban J connectivity index is 4.62. The number of esters is 1. The van der Waals surface area contributed by atoms with Gasteiger partial charge in [0.1, 0.15) is 0 Å². The number of rotatable bonds is 6. The molecule has 0 aromatic heterocycles. The van der Waals surface area contributed by atoms with Gasteiger partial charge in [-0.2, -0.15) is 0 Å². The summed E-state index contributed by atoms with van der Waals surface area (Å²) < 4.78 is 5.20. The first-order valence-corrected chi connectivity index (χ1v) is 6.25. The van der Waals surface area contributed by atoms with Gasteiger partial charge in [0.15, 0.2) is 0 Å². The summed E-state index contributed by atoms with van der Waals surface area (Å²) in [6.07, 6.45) is 0.945. The van der Waals surface area contributed by atoms with Gasteiger partial charge in [-0.3, -0.25) is 4.79 Å². The van der Waals surface area contributed by atoms with Crippen LogP contribution in [0.5, 0.6) is 0 Å². The van der Waals surface area contributed by atoms with Gasteiger partial charge in [0.2, 0.25) is 0 Å².